The molecule has 1 fully saturated rings. The highest BCUT2D eigenvalue weighted by Gasteiger charge is 2.21. The second-order valence-corrected chi connectivity index (χ2v) is 8.69. The Kier molecular flexibility index (Phi) is 10.8. The molecule has 7 nitrogen and oxygen atoms in total. The highest BCUT2D eigenvalue weighted by molar-refractivity contribution is 14.0. The Morgan fingerprint density at radius 2 is 2.00 bits per heavy atom. The highest BCUT2D eigenvalue weighted by Crippen LogP contribution is 2.35. The number of nitrogens with zero attached hydrogens (tertiary/aromatic N) is 3. The Hall–Kier alpha value is -1.97. The van der Waals surface area contributed by atoms with E-state index in [1.54, 1.807) is 7.11 Å². The fourth-order valence-corrected chi connectivity index (χ4v) is 4.34. The summed E-state index contributed by atoms with van der Waals surface area (Å²) in [6.07, 6.45) is 5.84. The molecule has 1 unspecified atom stereocenters. The molecule has 1 aliphatic rings. The molecule has 1 aliphatic carbocycles. The van der Waals surface area contributed by atoms with Crippen molar-refractivity contribution in [1.82, 2.24) is 20.4 Å². The molecule has 0 spiro atoms. The third kappa shape index (κ3) is 7.25. The van der Waals surface area contributed by atoms with Gasteiger partial charge in [0.15, 0.2) is 17.5 Å². The molecule has 8 heteroatoms. The first-order valence-electron chi connectivity index (χ1n) is 11.8. The summed E-state index contributed by atoms with van der Waals surface area (Å²) in [6.45, 7) is 9.77. The minimum atomic E-state index is 0. The van der Waals surface area contributed by atoms with Crippen LogP contribution < -0.4 is 20.1 Å². The number of ether oxygens (including phenoxy) is 2. The van der Waals surface area contributed by atoms with Crippen LogP contribution in [-0.2, 0) is 20.0 Å². The maximum atomic E-state index is 6.37. The fraction of sp³-hybridized carbons (Fsp3) is 0.600. The summed E-state index contributed by atoms with van der Waals surface area (Å²) < 4.78 is 13.9. The molecular formula is C25H40IN5O2. The lowest BCUT2D eigenvalue weighted by atomic mass is 10.1. The summed E-state index contributed by atoms with van der Waals surface area (Å²) in [5, 5.41) is 11.5. The van der Waals surface area contributed by atoms with E-state index in [-0.39, 0.29) is 36.1 Å². The summed E-state index contributed by atoms with van der Waals surface area (Å²) in [7, 11) is 3.69. The van der Waals surface area contributed by atoms with Crippen LogP contribution in [0.5, 0.6) is 11.5 Å². The number of aromatic nitrogens is 2. The minimum Gasteiger partial charge on any atom is -0.493 e. The number of guanidine groups is 1. The first-order chi connectivity index (χ1) is 15.4. The van der Waals surface area contributed by atoms with E-state index in [1.807, 2.05) is 23.9 Å². The van der Waals surface area contributed by atoms with Crippen molar-refractivity contribution in [3.05, 3.63) is 40.7 Å². The molecule has 3 rings (SSSR count). The van der Waals surface area contributed by atoms with Gasteiger partial charge in [0, 0.05) is 30.9 Å². The van der Waals surface area contributed by atoms with Crippen LogP contribution >= 0.6 is 24.0 Å². The average molecular weight is 570 g/mol. The summed E-state index contributed by atoms with van der Waals surface area (Å²) in [4.78, 5) is 4.86. The molecule has 0 aliphatic heterocycles. The van der Waals surface area contributed by atoms with E-state index in [1.165, 1.54) is 24.1 Å². The van der Waals surface area contributed by atoms with Crippen molar-refractivity contribution in [3.63, 3.8) is 0 Å². The van der Waals surface area contributed by atoms with Gasteiger partial charge in [0.05, 0.1) is 25.5 Å². The average Bonchev–Trinajstić information content (AvgIpc) is 3.36. The van der Waals surface area contributed by atoms with Crippen molar-refractivity contribution in [3.8, 4) is 11.5 Å². The third-order valence-electron chi connectivity index (χ3n) is 6.17. The topological polar surface area (TPSA) is 72.7 Å². The van der Waals surface area contributed by atoms with Crippen LogP contribution in [0.4, 0.5) is 0 Å². The van der Waals surface area contributed by atoms with Crippen molar-refractivity contribution in [2.24, 2.45) is 12.0 Å². The molecular weight excluding hydrogens is 529 g/mol. The summed E-state index contributed by atoms with van der Waals surface area (Å²) in [5.74, 6) is 2.41. The van der Waals surface area contributed by atoms with Crippen molar-refractivity contribution in [2.75, 3.05) is 13.7 Å². The highest BCUT2D eigenvalue weighted by atomic mass is 127. The smallest absolute Gasteiger partial charge is 0.191 e. The van der Waals surface area contributed by atoms with Gasteiger partial charge in [-0.3, -0.25) is 4.68 Å². The number of methoxy groups -OCH3 is 1. The van der Waals surface area contributed by atoms with Gasteiger partial charge in [-0.2, -0.15) is 5.10 Å². The zero-order chi connectivity index (χ0) is 23.1. The van der Waals surface area contributed by atoms with Crippen molar-refractivity contribution >= 4 is 29.9 Å². The number of benzene rings is 1. The molecule has 33 heavy (non-hydrogen) atoms. The minimum absolute atomic E-state index is 0. The number of hydrogen-bond acceptors (Lipinski definition) is 4. The molecule has 0 bridgehead atoms. The summed E-state index contributed by atoms with van der Waals surface area (Å²) in [5.41, 5.74) is 4.64. The molecule has 1 aromatic heterocycles. The number of rotatable bonds is 9. The second kappa shape index (κ2) is 13.1. The van der Waals surface area contributed by atoms with E-state index in [2.05, 4.69) is 49.5 Å². The second-order valence-electron chi connectivity index (χ2n) is 8.69. The molecule has 184 valence electrons. The maximum Gasteiger partial charge on any atom is 0.191 e. The Balaban J connectivity index is 0.00000385. The molecule has 0 radical (unpaired) electrons. The van der Waals surface area contributed by atoms with Crippen molar-refractivity contribution in [1.29, 1.82) is 0 Å². The van der Waals surface area contributed by atoms with Gasteiger partial charge in [-0.25, -0.2) is 4.99 Å². The van der Waals surface area contributed by atoms with E-state index < -0.39 is 0 Å². The van der Waals surface area contributed by atoms with E-state index in [0.717, 1.165) is 54.5 Å². The van der Waals surface area contributed by atoms with E-state index in [9.17, 15) is 0 Å². The lowest BCUT2D eigenvalue weighted by Crippen LogP contribution is -2.43. The molecule has 2 N–H and O–H groups in total. The van der Waals surface area contributed by atoms with Gasteiger partial charge < -0.3 is 20.1 Å². The number of aliphatic imine (C=N–C) groups is 1. The van der Waals surface area contributed by atoms with Crippen LogP contribution in [0.15, 0.2) is 23.2 Å². The Labute approximate surface area is 215 Å². The SMILES string of the molecule is CCNC(=NCc1cccc(OC)c1OC1CCCC1)NC(C)Cc1c(C)nn(C)c1C.I. The van der Waals surface area contributed by atoms with Crippen LogP contribution in [0.1, 0.15) is 62.0 Å². The van der Waals surface area contributed by atoms with Crippen molar-refractivity contribution < 1.29 is 9.47 Å². The van der Waals surface area contributed by atoms with Crippen molar-refractivity contribution in [2.45, 2.75) is 78.5 Å². The zero-order valence-corrected chi connectivity index (χ0v) is 23.2. The molecule has 0 saturated heterocycles. The molecule has 0 amide bonds. The third-order valence-corrected chi connectivity index (χ3v) is 6.17. The standard InChI is InChI=1S/C25H39N5O2.HI/c1-7-26-25(28-17(2)15-22-18(3)29-30(5)19(22)4)27-16-20-11-10-14-23(31-6)24(20)32-21-12-8-9-13-21;/h10-11,14,17,21H,7-9,12-13,15-16H2,1-6H3,(H2,26,27,28);1H. The first-order valence-corrected chi connectivity index (χ1v) is 11.8. The summed E-state index contributed by atoms with van der Waals surface area (Å²) in [6, 6.07) is 6.25. The van der Waals surface area contributed by atoms with Crippen LogP contribution in [0.3, 0.4) is 0 Å². The van der Waals surface area contributed by atoms with Gasteiger partial charge >= 0.3 is 0 Å². The lowest BCUT2D eigenvalue weighted by molar-refractivity contribution is 0.198. The number of para-hydroxylation sites is 1. The number of hydrogen-bond donors (Lipinski definition) is 2. The molecule has 1 heterocycles. The Morgan fingerprint density at radius 1 is 1.27 bits per heavy atom. The van der Waals surface area contributed by atoms with Gasteiger partial charge in [-0.15, -0.1) is 24.0 Å². The Bertz CT molecular complexity index is 922. The van der Waals surface area contributed by atoms with Gasteiger partial charge in [-0.05, 0) is 71.4 Å². The fourth-order valence-electron chi connectivity index (χ4n) is 4.34. The largest absolute Gasteiger partial charge is 0.493 e. The van der Waals surface area contributed by atoms with Gasteiger partial charge in [0.25, 0.3) is 0 Å². The quantitative estimate of drug-likeness (QED) is 0.261. The van der Waals surface area contributed by atoms with Gasteiger partial charge in [0.2, 0.25) is 0 Å². The zero-order valence-electron chi connectivity index (χ0n) is 20.9. The molecule has 1 saturated carbocycles. The molecule has 1 aromatic carbocycles. The van der Waals surface area contributed by atoms with E-state index >= 15 is 0 Å². The van der Waals surface area contributed by atoms with Crippen LogP contribution in [0.25, 0.3) is 0 Å². The molecule has 1 atom stereocenters. The van der Waals surface area contributed by atoms with E-state index in [4.69, 9.17) is 14.5 Å². The number of halogens is 1. The predicted octanol–water partition coefficient (Wildman–Crippen LogP) is 4.67. The van der Waals surface area contributed by atoms with Gasteiger partial charge in [0.1, 0.15) is 0 Å². The summed E-state index contributed by atoms with van der Waals surface area (Å²) >= 11 is 0. The lowest BCUT2D eigenvalue weighted by Gasteiger charge is -2.20. The molecule has 2 aromatic rings. The number of aryl methyl sites for hydroxylation is 2. The maximum absolute atomic E-state index is 6.37. The van der Waals surface area contributed by atoms with Crippen LogP contribution in [0.2, 0.25) is 0 Å². The van der Waals surface area contributed by atoms with Crippen LogP contribution in [-0.4, -0.2) is 41.5 Å². The van der Waals surface area contributed by atoms with E-state index in [0.29, 0.717) is 6.54 Å². The van der Waals surface area contributed by atoms with Crippen LogP contribution in [0, 0.1) is 13.8 Å². The monoisotopic (exact) mass is 569 g/mol. The predicted molar refractivity (Wildman–Crippen MR) is 145 cm³/mol. The first kappa shape index (κ1) is 27.3. The van der Waals surface area contributed by atoms with Gasteiger partial charge in [-0.1, -0.05) is 12.1 Å². The normalized spacial score (nSPS) is 15.2. The number of nitrogens with one attached hydrogen (secondary N) is 2. The Morgan fingerprint density at radius 3 is 2.61 bits per heavy atom.